The van der Waals surface area contributed by atoms with Gasteiger partial charge < -0.3 is 14.8 Å². The Labute approximate surface area is 110 Å². The first-order valence-corrected chi connectivity index (χ1v) is 6.38. The maximum Gasteiger partial charge on any atom is 0.124 e. The zero-order valence-electron chi connectivity index (χ0n) is 11.6. The highest BCUT2D eigenvalue weighted by Gasteiger charge is 2.06. The molecule has 0 aliphatic carbocycles. The highest BCUT2D eigenvalue weighted by Crippen LogP contribution is 2.24. The van der Waals surface area contributed by atoms with Crippen molar-refractivity contribution >= 4 is 0 Å². The van der Waals surface area contributed by atoms with E-state index in [1.165, 1.54) is 0 Å². The Bertz CT molecular complexity index is 388. The summed E-state index contributed by atoms with van der Waals surface area (Å²) in [6.07, 6.45) is 0.943. The predicted octanol–water partition coefficient (Wildman–Crippen LogP) is 3.15. The van der Waals surface area contributed by atoms with Crippen molar-refractivity contribution in [3.05, 3.63) is 35.9 Å². The second-order valence-electron chi connectivity index (χ2n) is 4.15. The summed E-state index contributed by atoms with van der Waals surface area (Å²) in [4.78, 5) is 0. The summed E-state index contributed by atoms with van der Waals surface area (Å²) in [6.45, 7) is 10.4. The Morgan fingerprint density at radius 1 is 1.33 bits per heavy atom. The first-order chi connectivity index (χ1) is 8.71. The second-order valence-corrected chi connectivity index (χ2v) is 4.15. The largest absolute Gasteiger partial charge is 0.497 e. The molecule has 0 heterocycles. The Hall–Kier alpha value is -1.48. The quantitative estimate of drug-likeness (QED) is 0.718. The SMILES string of the molecule is C=C(CC)COc1ccc(OC)cc1CNCC. The zero-order valence-corrected chi connectivity index (χ0v) is 11.6. The van der Waals surface area contributed by atoms with Crippen molar-refractivity contribution in [1.82, 2.24) is 5.32 Å². The molecule has 0 saturated carbocycles. The minimum absolute atomic E-state index is 0.571. The van der Waals surface area contributed by atoms with Crippen molar-refractivity contribution in [3.8, 4) is 11.5 Å². The number of hydrogen-bond acceptors (Lipinski definition) is 3. The first-order valence-electron chi connectivity index (χ1n) is 6.38. The zero-order chi connectivity index (χ0) is 13.4. The number of nitrogens with one attached hydrogen (secondary N) is 1. The van der Waals surface area contributed by atoms with E-state index in [0.29, 0.717) is 6.61 Å². The summed E-state index contributed by atoms with van der Waals surface area (Å²) >= 11 is 0. The van der Waals surface area contributed by atoms with Gasteiger partial charge in [0, 0.05) is 12.1 Å². The lowest BCUT2D eigenvalue weighted by molar-refractivity contribution is 0.342. The van der Waals surface area contributed by atoms with Gasteiger partial charge in [0.1, 0.15) is 18.1 Å². The van der Waals surface area contributed by atoms with Crippen LogP contribution >= 0.6 is 0 Å². The molecule has 0 aromatic heterocycles. The van der Waals surface area contributed by atoms with Crippen LogP contribution in [0.5, 0.6) is 11.5 Å². The van der Waals surface area contributed by atoms with Crippen molar-refractivity contribution in [2.75, 3.05) is 20.3 Å². The van der Waals surface area contributed by atoms with Crippen molar-refractivity contribution < 1.29 is 9.47 Å². The van der Waals surface area contributed by atoms with E-state index >= 15 is 0 Å². The van der Waals surface area contributed by atoms with Gasteiger partial charge in [-0.3, -0.25) is 0 Å². The maximum atomic E-state index is 5.79. The van der Waals surface area contributed by atoms with Crippen LogP contribution in [0.1, 0.15) is 25.8 Å². The standard InChI is InChI=1S/C15H23NO2/c1-5-12(3)11-18-15-8-7-14(17-4)9-13(15)10-16-6-2/h7-9,16H,3,5-6,10-11H2,1-2,4H3. The van der Waals surface area contributed by atoms with Gasteiger partial charge in [-0.1, -0.05) is 20.4 Å². The summed E-state index contributed by atoms with van der Waals surface area (Å²) in [5.41, 5.74) is 2.21. The average molecular weight is 249 g/mol. The highest BCUT2D eigenvalue weighted by atomic mass is 16.5. The fourth-order valence-corrected chi connectivity index (χ4v) is 1.50. The van der Waals surface area contributed by atoms with Gasteiger partial charge >= 0.3 is 0 Å². The number of rotatable bonds is 8. The topological polar surface area (TPSA) is 30.5 Å². The molecule has 1 rings (SSSR count). The van der Waals surface area contributed by atoms with Crippen LogP contribution in [0.25, 0.3) is 0 Å². The predicted molar refractivity (Wildman–Crippen MR) is 75.3 cm³/mol. The minimum Gasteiger partial charge on any atom is -0.497 e. The fourth-order valence-electron chi connectivity index (χ4n) is 1.50. The van der Waals surface area contributed by atoms with Gasteiger partial charge in [0.15, 0.2) is 0 Å². The molecular weight excluding hydrogens is 226 g/mol. The van der Waals surface area contributed by atoms with Crippen LogP contribution in [-0.4, -0.2) is 20.3 Å². The smallest absolute Gasteiger partial charge is 0.124 e. The lowest BCUT2D eigenvalue weighted by atomic mass is 10.2. The molecule has 3 heteroatoms. The molecule has 0 radical (unpaired) electrons. The second kappa shape index (κ2) is 7.77. The Balaban J connectivity index is 2.77. The molecule has 1 aromatic carbocycles. The molecule has 100 valence electrons. The van der Waals surface area contributed by atoms with Crippen molar-refractivity contribution in [2.45, 2.75) is 26.8 Å². The van der Waals surface area contributed by atoms with Crippen LogP contribution in [-0.2, 0) is 6.54 Å². The number of benzene rings is 1. The Kier molecular flexibility index (Phi) is 6.29. The Morgan fingerprint density at radius 3 is 2.72 bits per heavy atom. The van der Waals surface area contributed by atoms with Crippen LogP contribution in [0, 0.1) is 0 Å². The van der Waals surface area contributed by atoms with E-state index in [1.54, 1.807) is 7.11 Å². The molecule has 0 aliphatic rings. The van der Waals surface area contributed by atoms with Gasteiger partial charge in [0.2, 0.25) is 0 Å². The summed E-state index contributed by atoms with van der Waals surface area (Å²) in [7, 11) is 1.67. The van der Waals surface area contributed by atoms with Gasteiger partial charge in [-0.2, -0.15) is 0 Å². The summed E-state index contributed by atoms with van der Waals surface area (Å²) in [5, 5.41) is 3.30. The third-order valence-corrected chi connectivity index (χ3v) is 2.76. The molecule has 0 amide bonds. The average Bonchev–Trinajstić information content (AvgIpc) is 2.42. The molecule has 3 nitrogen and oxygen atoms in total. The van der Waals surface area contributed by atoms with Crippen LogP contribution in [0.2, 0.25) is 0 Å². The van der Waals surface area contributed by atoms with Gasteiger partial charge in [-0.25, -0.2) is 0 Å². The fraction of sp³-hybridized carbons (Fsp3) is 0.467. The maximum absolute atomic E-state index is 5.79. The van der Waals surface area contributed by atoms with Crippen molar-refractivity contribution in [3.63, 3.8) is 0 Å². The van der Waals surface area contributed by atoms with Crippen LogP contribution in [0.15, 0.2) is 30.4 Å². The molecule has 0 unspecified atom stereocenters. The van der Waals surface area contributed by atoms with Crippen LogP contribution < -0.4 is 14.8 Å². The van der Waals surface area contributed by atoms with E-state index < -0.39 is 0 Å². The minimum atomic E-state index is 0.571. The third kappa shape index (κ3) is 4.41. The molecule has 0 fully saturated rings. The molecule has 1 N–H and O–H groups in total. The lowest BCUT2D eigenvalue weighted by Crippen LogP contribution is -2.13. The van der Waals surface area contributed by atoms with Gasteiger partial charge in [-0.05, 0) is 36.7 Å². The molecular formula is C15H23NO2. The van der Waals surface area contributed by atoms with Crippen LogP contribution in [0.3, 0.4) is 0 Å². The number of ether oxygens (including phenoxy) is 2. The Morgan fingerprint density at radius 2 is 2.11 bits per heavy atom. The van der Waals surface area contributed by atoms with E-state index in [-0.39, 0.29) is 0 Å². The third-order valence-electron chi connectivity index (χ3n) is 2.76. The molecule has 0 atom stereocenters. The number of methoxy groups -OCH3 is 1. The van der Waals surface area contributed by atoms with E-state index in [1.807, 2.05) is 18.2 Å². The van der Waals surface area contributed by atoms with E-state index in [2.05, 4.69) is 25.7 Å². The van der Waals surface area contributed by atoms with Crippen LogP contribution in [0.4, 0.5) is 0 Å². The van der Waals surface area contributed by atoms with Crippen molar-refractivity contribution in [1.29, 1.82) is 0 Å². The van der Waals surface area contributed by atoms with Gasteiger partial charge in [-0.15, -0.1) is 0 Å². The lowest BCUT2D eigenvalue weighted by Gasteiger charge is -2.13. The first kappa shape index (κ1) is 14.6. The van der Waals surface area contributed by atoms with E-state index in [9.17, 15) is 0 Å². The summed E-state index contributed by atoms with van der Waals surface area (Å²) in [5.74, 6) is 1.75. The molecule has 0 aliphatic heterocycles. The summed E-state index contributed by atoms with van der Waals surface area (Å²) in [6, 6.07) is 5.88. The highest BCUT2D eigenvalue weighted by molar-refractivity contribution is 5.40. The van der Waals surface area contributed by atoms with Gasteiger partial charge in [0.05, 0.1) is 7.11 Å². The van der Waals surface area contributed by atoms with E-state index in [0.717, 1.165) is 42.1 Å². The van der Waals surface area contributed by atoms with Gasteiger partial charge in [0.25, 0.3) is 0 Å². The normalized spacial score (nSPS) is 10.2. The molecule has 1 aromatic rings. The van der Waals surface area contributed by atoms with E-state index in [4.69, 9.17) is 9.47 Å². The molecule has 0 saturated heterocycles. The molecule has 0 bridgehead atoms. The number of hydrogen-bond donors (Lipinski definition) is 1. The summed E-state index contributed by atoms with van der Waals surface area (Å²) < 4.78 is 11.0. The monoisotopic (exact) mass is 249 g/mol. The molecule has 18 heavy (non-hydrogen) atoms. The van der Waals surface area contributed by atoms with Crippen molar-refractivity contribution in [2.24, 2.45) is 0 Å². The molecule has 0 spiro atoms.